The summed E-state index contributed by atoms with van der Waals surface area (Å²) in [4.78, 5) is 22.4. The van der Waals surface area contributed by atoms with Crippen LogP contribution >= 0.6 is 0 Å². The average molecular weight is 299 g/mol. The molecule has 0 aliphatic heterocycles. The first-order valence-electron chi connectivity index (χ1n) is 6.41. The molecule has 1 aliphatic carbocycles. The molecule has 1 saturated carbocycles. The molecule has 1 aromatic rings. The van der Waals surface area contributed by atoms with Gasteiger partial charge in [-0.15, -0.1) is 0 Å². The fourth-order valence-electron chi connectivity index (χ4n) is 2.17. The molecule has 0 aromatic heterocycles. The summed E-state index contributed by atoms with van der Waals surface area (Å²) in [7, 11) is 0. The molecule has 1 aliphatic rings. The molecule has 3 atom stereocenters. The molecule has 0 heterocycles. The van der Waals surface area contributed by atoms with Crippen molar-refractivity contribution in [2.45, 2.75) is 18.9 Å². The Labute approximate surface area is 119 Å². The van der Waals surface area contributed by atoms with Gasteiger partial charge in [-0.05, 0) is 19.4 Å². The van der Waals surface area contributed by atoms with E-state index in [1.807, 2.05) is 0 Å². The summed E-state index contributed by atoms with van der Waals surface area (Å²) in [5.41, 5.74) is -1.86. The van der Waals surface area contributed by atoms with Gasteiger partial charge in [0.25, 0.3) is 0 Å². The summed E-state index contributed by atoms with van der Waals surface area (Å²) < 4.78 is 26.5. The van der Waals surface area contributed by atoms with Gasteiger partial charge in [-0.2, -0.15) is 0 Å². The highest BCUT2D eigenvalue weighted by atomic mass is 19.1. The van der Waals surface area contributed by atoms with E-state index in [0.717, 1.165) is 12.1 Å². The van der Waals surface area contributed by atoms with Crippen molar-refractivity contribution in [3.8, 4) is 0 Å². The number of carbonyl (C=O) groups excluding carboxylic acids is 1. The summed E-state index contributed by atoms with van der Waals surface area (Å²) in [6.45, 7) is 0.988. The quantitative estimate of drug-likeness (QED) is 0.757. The number of halogens is 2. The minimum atomic E-state index is -1.72. The van der Waals surface area contributed by atoms with Gasteiger partial charge >= 0.3 is 5.97 Å². The zero-order chi connectivity index (χ0) is 15.8. The van der Waals surface area contributed by atoms with Crippen molar-refractivity contribution in [1.82, 2.24) is 5.32 Å². The standard InChI is InChI=1S/C14H15F2NO4/c1-14(21,10-3-2-7(15)4-11(10)16)6-17-12(18)8-5-9(8)13(19)20/h2-4,8-9,21H,5-6H2,1H3,(H,17,18)(H,19,20)/t8-,9-,14+/m1/s1. The van der Waals surface area contributed by atoms with E-state index in [-0.39, 0.29) is 18.5 Å². The molecule has 21 heavy (non-hydrogen) atoms. The fourth-order valence-corrected chi connectivity index (χ4v) is 2.17. The predicted octanol–water partition coefficient (Wildman–Crippen LogP) is 1.01. The number of hydrogen-bond donors (Lipinski definition) is 3. The first-order chi connectivity index (χ1) is 9.72. The summed E-state index contributed by atoms with van der Waals surface area (Å²) in [5.74, 6) is -4.52. The number of carboxylic acids is 1. The Hall–Kier alpha value is -2.02. The SMILES string of the molecule is C[C@](O)(CNC(=O)[C@@H]1C[C@H]1C(=O)O)c1ccc(F)cc1F. The number of amides is 1. The van der Waals surface area contributed by atoms with E-state index in [4.69, 9.17) is 5.11 Å². The Kier molecular flexibility index (Phi) is 3.95. The fraction of sp³-hybridized carbons (Fsp3) is 0.429. The van der Waals surface area contributed by atoms with Gasteiger partial charge in [-0.3, -0.25) is 9.59 Å². The Bertz CT molecular complexity index is 588. The van der Waals surface area contributed by atoms with Crippen LogP contribution in [-0.4, -0.2) is 28.6 Å². The number of carboxylic acid groups (broad SMARTS) is 1. The average Bonchev–Trinajstić information content (AvgIpc) is 3.15. The molecule has 2 rings (SSSR count). The molecule has 0 radical (unpaired) electrons. The van der Waals surface area contributed by atoms with Gasteiger partial charge in [-0.25, -0.2) is 8.78 Å². The highest BCUT2D eigenvalue weighted by molar-refractivity contribution is 5.89. The highest BCUT2D eigenvalue weighted by Crippen LogP contribution is 2.38. The third-order valence-corrected chi connectivity index (χ3v) is 3.56. The second-order valence-electron chi connectivity index (χ2n) is 5.40. The molecule has 1 aromatic carbocycles. The molecular formula is C14H15F2NO4. The Balaban J connectivity index is 1.98. The lowest BCUT2D eigenvalue weighted by atomic mass is 9.95. The van der Waals surface area contributed by atoms with Crippen molar-refractivity contribution < 1.29 is 28.6 Å². The molecule has 0 saturated heterocycles. The van der Waals surface area contributed by atoms with Gasteiger partial charge in [-0.1, -0.05) is 6.07 Å². The van der Waals surface area contributed by atoms with E-state index in [9.17, 15) is 23.5 Å². The molecule has 0 bridgehead atoms. The summed E-state index contributed by atoms with van der Waals surface area (Å²) in [5, 5.41) is 21.3. The van der Waals surface area contributed by atoms with E-state index in [0.29, 0.717) is 6.07 Å². The Morgan fingerprint density at radius 3 is 2.57 bits per heavy atom. The number of rotatable bonds is 5. The lowest BCUT2D eigenvalue weighted by Crippen LogP contribution is -2.40. The summed E-state index contributed by atoms with van der Waals surface area (Å²) in [6.07, 6.45) is 0.258. The topological polar surface area (TPSA) is 86.6 Å². The molecule has 3 N–H and O–H groups in total. The maximum Gasteiger partial charge on any atom is 0.307 e. The van der Waals surface area contributed by atoms with Crippen LogP contribution in [0.25, 0.3) is 0 Å². The Morgan fingerprint density at radius 2 is 2.05 bits per heavy atom. The maximum atomic E-state index is 13.6. The van der Waals surface area contributed by atoms with Crippen LogP contribution in [0, 0.1) is 23.5 Å². The first-order valence-corrected chi connectivity index (χ1v) is 6.41. The van der Waals surface area contributed by atoms with E-state index < -0.39 is 40.9 Å². The largest absolute Gasteiger partial charge is 0.481 e. The minimum absolute atomic E-state index is 0.144. The minimum Gasteiger partial charge on any atom is -0.481 e. The van der Waals surface area contributed by atoms with Crippen LogP contribution in [0.4, 0.5) is 8.78 Å². The van der Waals surface area contributed by atoms with Crippen molar-refractivity contribution in [3.63, 3.8) is 0 Å². The second-order valence-corrected chi connectivity index (χ2v) is 5.40. The lowest BCUT2D eigenvalue weighted by molar-refractivity contribution is -0.140. The van der Waals surface area contributed by atoms with Gasteiger partial charge in [0.2, 0.25) is 5.91 Å². The smallest absolute Gasteiger partial charge is 0.307 e. The number of nitrogens with one attached hydrogen (secondary N) is 1. The van der Waals surface area contributed by atoms with E-state index in [1.165, 1.54) is 6.92 Å². The van der Waals surface area contributed by atoms with Crippen molar-refractivity contribution in [2.75, 3.05) is 6.54 Å². The molecule has 7 heteroatoms. The number of carbonyl (C=O) groups is 2. The maximum absolute atomic E-state index is 13.6. The van der Waals surface area contributed by atoms with Crippen molar-refractivity contribution in [2.24, 2.45) is 11.8 Å². The normalized spacial score (nSPS) is 23.2. The third kappa shape index (κ3) is 3.36. The molecule has 0 spiro atoms. The Morgan fingerprint density at radius 1 is 1.38 bits per heavy atom. The van der Waals surface area contributed by atoms with Crippen LogP contribution in [0.3, 0.4) is 0 Å². The van der Waals surface area contributed by atoms with Gasteiger partial charge in [0.15, 0.2) is 0 Å². The number of hydrogen-bond acceptors (Lipinski definition) is 3. The second kappa shape index (κ2) is 5.40. The summed E-state index contributed by atoms with van der Waals surface area (Å²) >= 11 is 0. The summed E-state index contributed by atoms with van der Waals surface area (Å²) in [6, 6.07) is 2.76. The number of benzene rings is 1. The van der Waals surface area contributed by atoms with Gasteiger partial charge < -0.3 is 15.5 Å². The van der Waals surface area contributed by atoms with Crippen LogP contribution in [0.15, 0.2) is 18.2 Å². The van der Waals surface area contributed by atoms with E-state index >= 15 is 0 Å². The zero-order valence-corrected chi connectivity index (χ0v) is 11.3. The third-order valence-electron chi connectivity index (χ3n) is 3.56. The van der Waals surface area contributed by atoms with Crippen LogP contribution < -0.4 is 5.32 Å². The number of aliphatic hydroxyl groups is 1. The molecule has 114 valence electrons. The van der Waals surface area contributed by atoms with Gasteiger partial charge in [0.05, 0.1) is 18.4 Å². The van der Waals surface area contributed by atoms with Crippen LogP contribution in [0.1, 0.15) is 18.9 Å². The van der Waals surface area contributed by atoms with Crippen LogP contribution in [-0.2, 0) is 15.2 Å². The van der Waals surface area contributed by atoms with E-state index in [1.54, 1.807) is 0 Å². The van der Waals surface area contributed by atoms with Gasteiger partial charge in [0, 0.05) is 11.6 Å². The van der Waals surface area contributed by atoms with Crippen molar-refractivity contribution >= 4 is 11.9 Å². The van der Waals surface area contributed by atoms with Gasteiger partial charge in [0.1, 0.15) is 17.2 Å². The van der Waals surface area contributed by atoms with Crippen molar-refractivity contribution in [3.05, 3.63) is 35.4 Å². The first kappa shape index (κ1) is 15.4. The highest BCUT2D eigenvalue weighted by Gasteiger charge is 2.48. The lowest BCUT2D eigenvalue weighted by Gasteiger charge is -2.24. The monoisotopic (exact) mass is 299 g/mol. The molecule has 1 fully saturated rings. The molecular weight excluding hydrogens is 284 g/mol. The number of aliphatic carboxylic acids is 1. The predicted molar refractivity (Wildman–Crippen MR) is 68.2 cm³/mol. The zero-order valence-electron chi connectivity index (χ0n) is 11.3. The molecule has 0 unspecified atom stereocenters. The van der Waals surface area contributed by atoms with Crippen LogP contribution in [0.5, 0.6) is 0 Å². The van der Waals surface area contributed by atoms with Crippen LogP contribution in [0.2, 0.25) is 0 Å². The van der Waals surface area contributed by atoms with Crippen molar-refractivity contribution in [1.29, 1.82) is 0 Å². The molecule has 1 amide bonds. The molecule has 5 nitrogen and oxygen atoms in total. The van der Waals surface area contributed by atoms with E-state index in [2.05, 4.69) is 5.32 Å².